The maximum Gasteiger partial charge on any atom is 0.124 e. The van der Waals surface area contributed by atoms with Crippen molar-refractivity contribution in [3.63, 3.8) is 0 Å². The molecule has 0 radical (unpaired) electrons. The fraction of sp³-hybridized carbons (Fsp3) is 0.538. The molecule has 0 spiro atoms. The molecule has 1 aromatic rings. The number of hydrogen-bond donors (Lipinski definition) is 1. The van der Waals surface area contributed by atoms with Gasteiger partial charge in [0.1, 0.15) is 5.75 Å². The Balaban J connectivity index is 2.88. The van der Waals surface area contributed by atoms with E-state index in [1.165, 1.54) is 12.0 Å². The van der Waals surface area contributed by atoms with Crippen molar-refractivity contribution in [1.29, 1.82) is 0 Å². The highest BCUT2D eigenvalue weighted by molar-refractivity contribution is 5.35. The van der Waals surface area contributed by atoms with Gasteiger partial charge in [0.05, 0.1) is 6.61 Å². The van der Waals surface area contributed by atoms with Crippen molar-refractivity contribution in [1.82, 2.24) is 5.32 Å². The molecule has 1 aromatic carbocycles. The first-order valence-corrected chi connectivity index (χ1v) is 5.72. The first-order valence-electron chi connectivity index (χ1n) is 5.72. The normalized spacial score (nSPS) is 12.5. The van der Waals surface area contributed by atoms with Crippen LogP contribution < -0.4 is 10.1 Å². The van der Waals surface area contributed by atoms with Crippen LogP contribution in [0.3, 0.4) is 0 Å². The quantitative estimate of drug-likeness (QED) is 0.773. The lowest BCUT2D eigenvalue weighted by molar-refractivity contribution is 0.331. The molecule has 84 valence electrons. The summed E-state index contributed by atoms with van der Waals surface area (Å²) < 4.78 is 5.63. The Morgan fingerprint density at radius 1 is 1.27 bits per heavy atom. The third kappa shape index (κ3) is 3.24. The van der Waals surface area contributed by atoms with Gasteiger partial charge in [0.2, 0.25) is 0 Å². The number of hydrogen-bond acceptors (Lipinski definition) is 2. The Morgan fingerprint density at radius 2 is 2.00 bits per heavy atom. The highest BCUT2D eigenvalue weighted by Gasteiger charge is 2.12. The van der Waals surface area contributed by atoms with Crippen LogP contribution in [-0.4, -0.2) is 13.7 Å². The minimum atomic E-state index is 0.401. The first kappa shape index (κ1) is 12.1. The highest BCUT2D eigenvalue weighted by atomic mass is 16.5. The average Bonchev–Trinajstić information content (AvgIpc) is 2.27. The predicted octanol–water partition coefficient (Wildman–Crippen LogP) is 3.15. The van der Waals surface area contributed by atoms with E-state index in [9.17, 15) is 0 Å². The van der Waals surface area contributed by atoms with E-state index in [1.807, 2.05) is 26.1 Å². The van der Waals surface area contributed by atoms with Gasteiger partial charge in [-0.25, -0.2) is 0 Å². The average molecular weight is 207 g/mol. The van der Waals surface area contributed by atoms with E-state index in [4.69, 9.17) is 4.74 Å². The van der Waals surface area contributed by atoms with Crippen LogP contribution in [0.1, 0.15) is 38.3 Å². The summed E-state index contributed by atoms with van der Waals surface area (Å²) in [5.74, 6) is 1.01. The molecule has 1 atom stereocenters. The Bertz CT molecular complexity index is 286. The molecule has 0 fully saturated rings. The summed E-state index contributed by atoms with van der Waals surface area (Å²) in [5, 5.41) is 3.34. The van der Waals surface area contributed by atoms with Crippen molar-refractivity contribution < 1.29 is 4.74 Å². The molecule has 0 amide bonds. The molecule has 0 saturated carbocycles. The van der Waals surface area contributed by atoms with Gasteiger partial charge < -0.3 is 10.1 Å². The molecule has 0 saturated heterocycles. The van der Waals surface area contributed by atoms with Crippen LogP contribution in [0.4, 0.5) is 0 Å². The van der Waals surface area contributed by atoms with Crippen LogP contribution in [-0.2, 0) is 0 Å². The second-order valence-corrected chi connectivity index (χ2v) is 3.60. The van der Waals surface area contributed by atoms with Crippen LogP contribution in [0.5, 0.6) is 5.75 Å². The molecule has 2 heteroatoms. The van der Waals surface area contributed by atoms with E-state index in [2.05, 4.69) is 24.4 Å². The van der Waals surface area contributed by atoms with Gasteiger partial charge in [-0.15, -0.1) is 0 Å². The second-order valence-electron chi connectivity index (χ2n) is 3.60. The summed E-state index contributed by atoms with van der Waals surface area (Å²) >= 11 is 0. The lowest BCUT2D eigenvalue weighted by Crippen LogP contribution is -2.17. The van der Waals surface area contributed by atoms with Crippen LogP contribution in [0.2, 0.25) is 0 Å². The van der Waals surface area contributed by atoms with E-state index >= 15 is 0 Å². The van der Waals surface area contributed by atoms with Gasteiger partial charge in [-0.05, 0) is 26.5 Å². The van der Waals surface area contributed by atoms with Crippen LogP contribution in [0.25, 0.3) is 0 Å². The monoisotopic (exact) mass is 207 g/mol. The number of para-hydroxylation sites is 1. The van der Waals surface area contributed by atoms with Crippen molar-refractivity contribution in [2.24, 2.45) is 0 Å². The minimum Gasteiger partial charge on any atom is -0.494 e. The topological polar surface area (TPSA) is 21.3 Å². The second kappa shape index (κ2) is 6.46. The molecule has 15 heavy (non-hydrogen) atoms. The Hall–Kier alpha value is -1.02. The number of benzene rings is 1. The largest absolute Gasteiger partial charge is 0.494 e. The Morgan fingerprint density at radius 3 is 2.60 bits per heavy atom. The van der Waals surface area contributed by atoms with E-state index in [0.29, 0.717) is 6.04 Å². The van der Waals surface area contributed by atoms with Gasteiger partial charge in [-0.1, -0.05) is 31.5 Å². The Kier molecular flexibility index (Phi) is 5.19. The fourth-order valence-corrected chi connectivity index (χ4v) is 1.80. The maximum atomic E-state index is 5.63. The molecule has 0 heterocycles. The van der Waals surface area contributed by atoms with Crippen LogP contribution in [0.15, 0.2) is 24.3 Å². The smallest absolute Gasteiger partial charge is 0.124 e. The number of nitrogens with one attached hydrogen (secondary N) is 1. The molecular formula is C13H21NO. The molecule has 0 aromatic heterocycles. The fourth-order valence-electron chi connectivity index (χ4n) is 1.80. The molecule has 0 bridgehead atoms. The molecule has 1 N–H and O–H groups in total. The third-order valence-corrected chi connectivity index (χ3v) is 2.52. The minimum absolute atomic E-state index is 0.401. The van der Waals surface area contributed by atoms with Crippen molar-refractivity contribution in [2.75, 3.05) is 13.7 Å². The summed E-state index contributed by atoms with van der Waals surface area (Å²) in [5.41, 5.74) is 1.27. The van der Waals surface area contributed by atoms with Crippen LogP contribution in [0, 0.1) is 0 Å². The maximum absolute atomic E-state index is 5.63. The summed E-state index contributed by atoms with van der Waals surface area (Å²) in [6, 6.07) is 8.67. The van der Waals surface area contributed by atoms with Crippen molar-refractivity contribution in [2.45, 2.75) is 32.7 Å². The summed E-state index contributed by atoms with van der Waals surface area (Å²) in [4.78, 5) is 0. The van der Waals surface area contributed by atoms with Gasteiger partial charge in [-0.3, -0.25) is 0 Å². The highest BCUT2D eigenvalue weighted by Crippen LogP contribution is 2.27. The van der Waals surface area contributed by atoms with Crippen molar-refractivity contribution >= 4 is 0 Å². The summed E-state index contributed by atoms with van der Waals surface area (Å²) in [6.45, 7) is 4.94. The van der Waals surface area contributed by atoms with Crippen molar-refractivity contribution in [3.05, 3.63) is 29.8 Å². The third-order valence-electron chi connectivity index (χ3n) is 2.52. The number of rotatable bonds is 6. The van der Waals surface area contributed by atoms with Gasteiger partial charge in [-0.2, -0.15) is 0 Å². The molecule has 2 nitrogen and oxygen atoms in total. The summed E-state index contributed by atoms with van der Waals surface area (Å²) in [6.07, 6.45) is 2.31. The van der Waals surface area contributed by atoms with E-state index in [-0.39, 0.29) is 0 Å². The molecular weight excluding hydrogens is 186 g/mol. The van der Waals surface area contributed by atoms with Gasteiger partial charge in [0.15, 0.2) is 0 Å². The SMILES string of the molecule is CCCC(NC)c1ccccc1OCC. The Labute approximate surface area is 92.6 Å². The molecule has 1 rings (SSSR count). The van der Waals surface area contributed by atoms with E-state index in [0.717, 1.165) is 18.8 Å². The predicted molar refractivity (Wildman–Crippen MR) is 64.3 cm³/mol. The first-order chi connectivity index (χ1) is 7.33. The molecule has 0 aliphatic heterocycles. The van der Waals surface area contributed by atoms with Crippen molar-refractivity contribution in [3.8, 4) is 5.75 Å². The standard InChI is InChI=1S/C13H21NO/c1-4-8-12(14-3)11-9-6-7-10-13(11)15-5-2/h6-7,9-10,12,14H,4-5,8H2,1-3H3. The van der Waals surface area contributed by atoms with E-state index in [1.54, 1.807) is 0 Å². The lowest BCUT2D eigenvalue weighted by atomic mass is 10.0. The zero-order chi connectivity index (χ0) is 11.1. The zero-order valence-electron chi connectivity index (χ0n) is 9.92. The van der Waals surface area contributed by atoms with Crippen LogP contribution >= 0.6 is 0 Å². The molecule has 0 aliphatic rings. The molecule has 0 aliphatic carbocycles. The van der Waals surface area contributed by atoms with Gasteiger partial charge in [0, 0.05) is 11.6 Å². The number of ether oxygens (including phenoxy) is 1. The van der Waals surface area contributed by atoms with Gasteiger partial charge >= 0.3 is 0 Å². The zero-order valence-corrected chi connectivity index (χ0v) is 9.92. The summed E-state index contributed by atoms with van der Waals surface area (Å²) in [7, 11) is 2.00. The van der Waals surface area contributed by atoms with Gasteiger partial charge in [0.25, 0.3) is 0 Å². The van der Waals surface area contributed by atoms with E-state index < -0.39 is 0 Å². The lowest BCUT2D eigenvalue weighted by Gasteiger charge is -2.19. The molecule has 1 unspecified atom stereocenters.